The summed E-state index contributed by atoms with van der Waals surface area (Å²) in [6.45, 7) is 0.238. The van der Waals surface area contributed by atoms with Crippen molar-refractivity contribution in [1.29, 1.82) is 0 Å². The van der Waals surface area contributed by atoms with E-state index in [1.807, 2.05) is 14.1 Å². The topological polar surface area (TPSA) is 86.7 Å². The number of rotatable bonds is 6. The van der Waals surface area contributed by atoms with E-state index in [-0.39, 0.29) is 17.0 Å². The molecule has 2 N–H and O–H groups in total. The largest absolute Gasteiger partial charge is 0.478 e. The van der Waals surface area contributed by atoms with E-state index in [2.05, 4.69) is 9.62 Å². The van der Waals surface area contributed by atoms with Crippen molar-refractivity contribution in [2.75, 3.05) is 20.6 Å². The molecule has 0 unspecified atom stereocenters. The van der Waals surface area contributed by atoms with Crippen LogP contribution >= 0.6 is 0 Å². The Balaban J connectivity index is 2.23. The quantitative estimate of drug-likeness (QED) is 0.749. The Morgan fingerprint density at radius 2 is 1.84 bits per heavy atom. The van der Waals surface area contributed by atoms with Gasteiger partial charge in [-0.15, -0.1) is 0 Å². The first-order valence-electron chi connectivity index (χ1n) is 8.38. The number of nitrogens with one attached hydrogen (secondary N) is 1. The van der Waals surface area contributed by atoms with Crippen LogP contribution < -0.4 is 4.72 Å². The first-order chi connectivity index (χ1) is 11.7. The van der Waals surface area contributed by atoms with Crippen LogP contribution in [0.2, 0.25) is 0 Å². The number of aromatic carboxylic acids is 1. The Labute approximate surface area is 148 Å². The van der Waals surface area contributed by atoms with E-state index in [1.54, 1.807) is 0 Å². The normalized spacial score (nSPS) is 18.1. The molecule has 6 nitrogen and oxygen atoms in total. The third-order valence-electron chi connectivity index (χ3n) is 5.05. The predicted molar refractivity (Wildman–Crippen MR) is 92.7 cm³/mol. The van der Waals surface area contributed by atoms with Crippen LogP contribution in [0.3, 0.4) is 0 Å². The number of halogens is 1. The van der Waals surface area contributed by atoms with Gasteiger partial charge in [0, 0.05) is 12.1 Å². The molecule has 1 saturated carbocycles. The molecule has 0 aromatic heterocycles. The molecule has 140 valence electrons. The van der Waals surface area contributed by atoms with Crippen LogP contribution in [-0.4, -0.2) is 50.6 Å². The third-order valence-corrected chi connectivity index (χ3v) is 6.45. The fourth-order valence-electron chi connectivity index (χ4n) is 3.32. The van der Waals surface area contributed by atoms with Gasteiger partial charge in [-0.05, 0) is 45.1 Å². The van der Waals surface area contributed by atoms with E-state index in [9.17, 15) is 17.6 Å². The lowest BCUT2D eigenvalue weighted by molar-refractivity contribution is 0.0691. The molecule has 1 aromatic rings. The summed E-state index contributed by atoms with van der Waals surface area (Å²) in [5.41, 5.74) is -0.918. The smallest absolute Gasteiger partial charge is 0.338 e. The Kier molecular flexibility index (Phi) is 6.18. The highest BCUT2D eigenvalue weighted by atomic mass is 32.2. The lowest BCUT2D eigenvalue weighted by Crippen LogP contribution is -2.52. The van der Waals surface area contributed by atoms with Gasteiger partial charge in [-0.25, -0.2) is 22.3 Å². The standard InChI is InChI=1S/C17H25FN2O4S/c1-20(2)17(9-5-3-4-6-10-17)12-19-25(23,24)13-7-8-15(18)14(11-13)16(21)22/h7-8,11,19H,3-6,9-10,12H2,1-2H3,(H,21,22). The van der Waals surface area contributed by atoms with Crippen LogP contribution in [0.25, 0.3) is 0 Å². The number of carboxylic acids is 1. The zero-order valence-electron chi connectivity index (χ0n) is 14.6. The van der Waals surface area contributed by atoms with Crippen LogP contribution in [0.4, 0.5) is 4.39 Å². The van der Waals surface area contributed by atoms with Gasteiger partial charge in [0.25, 0.3) is 0 Å². The second-order valence-electron chi connectivity index (χ2n) is 6.80. The van der Waals surface area contributed by atoms with E-state index in [0.29, 0.717) is 0 Å². The molecule has 0 heterocycles. The number of hydrogen-bond acceptors (Lipinski definition) is 4. The van der Waals surface area contributed by atoms with Gasteiger partial charge in [-0.3, -0.25) is 0 Å². The molecular weight excluding hydrogens is 347 g/mol. The summed E-state index contributed by atoms with van der Waals surface area (Å²) >= 11 is 0. The number of carboxylic acid groups (broad SMARTS) is 1. The SMILES string of the molecule is CN(C)C1(CNS(=O)(=O)c2ccc(F)c(C(=O)O)c2)CCCCCC1. The van der Waals surface area contributed by atoms with Crippen molar-refractivity contribution < 1.29 is 22.7 Å². The van der Waals surface area contributed by atoms with Gasteiger partial charge in [0.15, 0.2) is 0 Å². The summed E-state index contributed by atoms with van der Waals surface area (Å²) in [7, 11) is -0.0337. The maximum atomic E-state index is 13.5. The van der Waals surface area contributed by atoms with Gasteiger partial charge in [0.1, 0.15) is 5.82 Å². The van der Waals surface area contributed by atoms with Crippen molar-refractivity contribution >= 4 is 16.0 Å². The van der Waals surface area contributed by atoms with Gasteiger partial charge < -0.3 is 10.0 Å². The van der Waals surface area contributed by atoms with Crippen molar-refractivity contribution in [3.63, 3.8) is 0 Å². The molecule has 0 saturated heterocycles. The molecule has 1 aromatic carbocycles. The fourth-order valence-corrected chi connectivity index (χ4v) is 4.46. The minimum atomic E-state index is -3.92. The lowest BCUT2D eigenvalue weighted by Gasteiger charge is -2.39. The van der Waals surface area contributed by atoms with Crippen molar-refractivity contribution in [1.82, 2.24) is 9.62 Å². The van der Waals surface area contributed by atoms with E-state index in [1.165, 1.54) is 0 Å². The molecule has 0 aliphatic heterocycles. The Morgan fingerprint density at radius 1 is 1.24 bits per heavy atom. The first-order valence-corrected chi connectivity index (χ1v) is 9.86. The average Bonchev–Trinajstić information content (AvgIpc) is 2.79. The monoisotopic (exact) mass is 372 g/mol. The summed E-state index contributed by atoms with van der Waals surface area (Å²) < 4.78 is 41.2. The average molecular weight is 372 g/mol. The first kappa shape index (κ1) is 19.8. The zero-order chi connectivity index (χ0) is 18.7. The third kappa shape index (κ3) is 4.56. The highest BCUT2D eigenvalue weighted by Crippen LogP contribution is 2.31. The molecule has 0 atom stereocenters. The van der Waals surface area contributed by atoms with E-state index in [4.69, 9.17) is 5.11 Å². The number of sulfonamides is 1. The summed E-state index contributed by atoms with van der Waals surface area (Å²) in [6, 6.07) is 2.81. The van der Waals surface area contributed by atoms with Crippen LogP contribution in [0.15, 0.2) is 23.1 Å². The number of carbonyl (C=O) groups is 1. The Morgan fingerprint density at radius 3 is 2.36 bits per heavy atom. The summed E-state index contributed by atoms with van der Waals surface area (Å²) in [5.74, 6) is -2.46. The van der Waals surface area contributed by atoms with Crippen LogP contribution in [0, 0.1) is 5.82 Å². The Hall–Kier alpha value is -1.51. The maximum absolute atomic E-state index is 13.5. The van der Waals surface area contributed by atoms with Crippen molar-refractivity contribution in [3.8, 4) is 0 Å². The number of likely N-dealkylation sites (N-methyl/N-ethyl adjacent to an activating group) is 1. The molecule has 25 heavy (non-hydrogen) atoms. The van der Waals surface area contributed by atoms with Gasteiger partial charge in [0.05, 0.1) is 10.5 Å². The summed E-state index contributed by atoms with van der Waals surface area (Å²) in [6.07, 6.45) is 6.16. The van der Waals surface area contributed by atoms with Crippen molar-refractivity contribution in [2.45, 2.75) is 49.0 Å². The molecule has 1 aliphatic rings. The van der Waals surface area contributed by atoms with Gasteiger partial charge in [-0.1, -0.05) is 25.7 Å². The van der Waals surface area contributed by atoms with E-state index >= 15 is 0 Å². The molecule has 0 radical (unpaired) electrons. The summed E-state index contributed by atoms with van der Waals surface area (Å²) in [5, 5.41) is 8.97. The zero-order valence-corrected chi connectivity index (χ0v) is 15.4. The van der Waals surface area contributed by atoms with Gasteiger partial charge >= 0.3 is 5.97 Å². The molecule has 1 fully saturated rings. The minimum absolute atomic E-state index is 0.238. The fraction of sp³-hybridized carbons (Fsp3) is 0.588. The van der Waals surface area contributed by atoms with Crippen LogP contribution in [0.5, 0.6) is 0 Å². The lowest BCUT2D eigenvalue weighted by atomic mass is 9.89. The van der Waals surface area contributed by atoms with E-state index in [0.717, 1.165) is 56.7 Å². The Bertz CT molecular complexity index is 726. The molecule has 1 aliphatic carbocycles. The van der Waals surface area contributed by atoms with Gasteiger partial charge in [-0.2, -0.15) is 0 Å². The van der Waals surface area contributed by atoms with Crippen molar-refractivity contribution in [3.05, 3.63) is 29.6 Å². The molecule has 0 bridgehead atoms. The minimum Gasteiger partial charge on any atom is -0.478 e. The van der Waals surface area contributed by atoms with E-state index < -0.39 is 27.4 Å². The van der Waals surface area contributed by atoms with Crippen molar-refractivity contribution in [2.24, 2.45) is 0 Å². The molecule has 0 amide bonds. The maximum Gasteiger partial charge on any atom is 0.338 e. The molecule has 2 rings (SSSR count). The molecular formula is C17H25FN2O4S. The van der Waals surface area contributed by atoms with Crippen LogP contribution in [0.1, 0.15) is 48.9 Å². The number of nitrogens with zero attached hydrogens (tertiary/aromatic N) is 1. The number of benzene rings is 1. The molecule has 0 spiro atoms. The van der Waals surface area contributed by atoms with Gasteiger partial charge in [0.2, 0.25) is 10.0 Å². The number of hydrogen-bond donors (Lipinski definition) is 2. The van der Waals surface area contributed by atoms with Crippen LogP contribution in [-0.2, 0) is 10.0 Å². The highest BCUT2D eigenvalue weighted by Gasteiger charge is 2.34. The highest BCUT2D eigenvalue weighted by molar-refractivity contribution is 7.89. The molecule has 8 heteroatoms. The second kappa shape index (κ2) is 7.80. The predicted octanol–water partition coefficient (Wildman–Crippen LogP) is 2.46. The second-order valence-corrected chi connectivity index (χ2v) is 8.57. The summed E-state index contributed by atoms with van der Waals surface area (Å²) in [4.78, 5) is 12.8.